The molecule has 2 aliphatic rings. The molecule has 7 rings (SSSR count). The van der Waals surface area contributed by atoms with E-state index >= 15 is 0 Å². The van der Waals surface area contributed by atoms with E-state index in [1.54, 1.807) is 0 Å². The van der Waals surface area contributed by atoms with Crippen LogP contribution < -0.4 is 0 Å². The molecule has 0 aliphatic heterocycles. The maximum absolute atomic E-state index is 3.85. The SMILES string of the molecule is BrC1=CC2C(=C1)c1ccccc1C2(c1ccccc1-c1ccccc1)c1ccccc1-c1ccccc1. The summed E-state index contributed by atoms with van der Waals surface area (Å²) in [4.78, 5) is 0. The second-order valence-electron chi connectivity index (χ2n) is 9.81. The molecule has 1 atom stereocenters. The lowest BCUT2D eigenvalue weighted by molar-refractivity contribution is 0.567. The van der Waals surface area contributed by atoms with Crippen LogP contribution in [-0.2, 0) is 5.41 Å². The summed E-state index contributed by atoms with van der Waals surface area (Å²) in [5.41, 5.74) is 11.4. The summed E-state index contributed by atoms with van der Waals surface area (Å²) >= 11 is 3.85. The van der Waals surface area contributed by atoms with Crippen LogP contribution in [0.25, 0.3) is 27.8 Å². The molecule has 5 aromatic carbocycles. The Labute approximate surface area is 226 Å². The summed E-state index contributed by atoms with van der Waals surface area (Å²) in [5, 5.41) is 0. The van der Waals surface area contributed by atoms with Crippen molar-refractivity contribution in [3.8, 4) is 22.3 Å². The lowest BCUT2D eigenvalue weighted by Gasteiger charge is -2.39. The van der Waals surface area contributed by atoms with Crippen molar-refractivity contribution in [2.24, 2.45) is 5.92 Å². The molecule has 0 aromatic heterocycles. The fourth-order valence-electron chi connectivity index (χ4n) is 6.55. The molecule has 0 bridgehead atoms. The Kier molecular flexibility index (Phi) is 5.34. The summed E-state index contributed by atoms with van der Waals surface area (Å²) in [6, 6.07) is 48.7. The van der Waals surface area contributed by atoms with Crippen LogP contribution in [0, 0.1) is 5.92 Å². The summed E-state index contributed by atoms with van der Waals surface area (Å²) < 4.78 is 1.15. The Morgan fingerprint density at radius 2 is 0.865 bits per heavy atom. The molecule has 0 N–H and O–H groups in total. The van der Waals surface area contributed by atoms with Gasteiger partial charge in [-0.25, -0.2) is 0 Å². The molecule has 0 fully saturated rings. The maximum atomic E-state index is 3.85. The second-order valence-corrected chi connectivity index (χ2v) is 10.7. The molecule has 37 heavy (non-hydrogen) atoms. The van der Waals surface area contributed by atoms with Crippen LogP contribution in [0.2, 0.25) is 0 Å². The molecule has 0 radical (unpaired) electrons. The minimum atomic E-state index is -0.392. The van der Waals surface area contributed by atoms with Gasteiger partial charge in [0, 0.05) is 10.4 Å². The maximum Gasteiger partial charge on any atom is 0.0573 e. The van der Waals surface area contributed by atoms with E-state index in [0.29, 0.717) is 0 Å². The summed E-state index contributed by atoms with van der Waals surface area (Å²) in [6.07, 6.45) is 4.74. The van der Waals surface area contributed by atoms with Crippen molar-refractivity contribution in [3.63, 3.8) is 0 Å². The molecule has 1 heteroatoms. The Bertz CT molecular complexity index is 1590. The first-order valence-electron chi connectivity index (χ1n) is 12.8. The number of fused-ring (bicyclic) bond motifs is 3. The second kappa shape index (κ2) is 8.87. The number of allylic oxidation sites excluding steroid dienone is 4. The molecule has 0 spiro atoms. The normalized spacial score (nSPS) is 17.1. The van der Waals surface area contributed by atoms with E-state index in [2.05, 4.69) is 162 Å². The number of hydrogen-bond acceptors (Lipinski definition) is 0. The zero-order valence-electron chi connectivity index (χ0n) is 20.3. The monoisotopic (exact) mass is 536 g/mol. The van der Waals surface area contributed by atoms with Crippen molar-refractivity contribution >= 4 is 21.5 Å². The van der Waals surface area contributed by atoms with Crippen molar-refractivity contribution in [2.75, 3.05) is 0 Å². The first-order chi connectivity index (χ1) is 18.3. The van der Waals surface area contributed by atoms with Crippen molar-refractivity contribution in [1.82, 2.24) is 0 Å². The summed E-state index contributed by atoms with van der Waals surface area (Å²) in [5.74, 6) is 0.175. The van der Waals surface area contributed by atoms with Crippen LogP contribution in [0.15, 0.2) is 150 Å². The van der Waals surface area contributed by atoms with Gasteiger partial charge in [0.2, 0.25) is 0 Å². The van der Waals surface area contributed by atoms with E-state index in [1.807, 2.05) is 0 Å². The fourth-order valence-corrected chi connectivity index (χ4v) is 7.06. The van der Waals surface area contributed by atoms with Crippen molar-refractivity contribution < 1.29 is 0 Å². The van der Waals surface area contributed by atoms with Crippen LogP contribution in [0.4, 0.5) is 0 Å². The molecule has 0 nitrogen and oxygen atoms in total. The predicted octanol–water partition coefficient (Wildman–Crippen LogP) is 9.66. The molecule has 0 amide bonds. The molecule has 176 valence electrons. The van der Waals surface area contributed by atoms with E-state index in [9.17, 15) is 0 Å². The third-order valence-corrected chi connectivity index (χ3v) is 8.45. The molecule has 0 heterocycles. The summed E-state index contributed by atoms with van der Waals surface area (Å²) in [6.45, 7) is 0. The highest BCUT2D eigenvalue weighted by Crippen LogP contribution is 2.62. The molecule has 2 aliphatic carbocycles. The van der Waals surface area contributed by atoms with Gasteiger partial charge in [-0.15, -0.1) is 0 Å². The van der Waals surface area contributed by atoms with Gasteiger partial charge in [-0.05, 0) is 56.2 Å². The Hall–Kier alpha value is -3.94. The minimum Gasteiger partial charge on any atom is -0.0622 e. The Morgan fingerprint density at radius 1 is 0.459 bits per heavy atom. The molecule has 1 unspecified atom stereocenters. The Morgan fingerprint density at radius 3 is 1.38 bits per heavy atom. The topological polar surface area (TPSA) is 0 Å². The average Bonchev–Trinajstić information content (AvgIpc) is 3.48. The molecule has 0 saturated heterocycles. The zero-order chi connectivity index (χ0) is 24.8. The smallest absolute Gasteiger partial charge is 0.0573 e. The standard InChI is InChI=1S/C36H25Br/c37-27-23-31-30-19-9-12-22-34(30)36(35(31)24-27,32-20-10-7-17-28(32)25-13-3-1-4-14-25)33-21-11-8-18-29(33)26-15-5-2-6-16-26/h1-24,35H. The van der Waals surface area contributed by atoms with Gasteiger partial charge in [-0.1, -0.05) is 155 Å². The highest BCUT2D eigenvalue weighted by molar-refractivity contribution is 9.11. The van der Waals surface area contributed by atoms with Gasteiger partial charge in [0.15, 0.2) is 0 Å². The van der Waals surface area contributed by atoms with E-state index in [0.717, 1.165) is 4.48 Å². The van der Waals surface area contributed by atoms with E-state index < -0.39 is 5.41 Å². The van der Waals surface area contributed by atoms with Gasteiger partial charge in [0.05, 0.1) is 5.41 Å². The van der Waals surface area contributed by atoms with Gasteiger partial charge in [-0.3, -0.25) is 0 Å². The number of rotatable bonds is 4. The van der Waals surface area contributed by atoms with Crippen LogP contribution >= 0.6 is 15.9 Å². The zero-order valence-corrected chi connectivity index (χ0v) is 21.9. The van der Waals surface area contributed by atoms with Crippen LogP contribution in [-0.4, -0.2) is 0 Å². The van der Waals surface area contributed by atoms with Crippen LogP contribution in [0.1, 0.15) is 22.3 Å². The number of halogens is 1. The average molecular weight is 538 g/mol. The van der Waals surface area contributed by atoms with Crippen LogP contribution in [0.5, 0.6) is 0 Å². The Balaban J connectivity index is 1.65. The van der Waals surface area contributed by atoms with Gasteiger partial charge in [0.1, 0.15) is 0 Å². The first-order valence-corrected chi connectivity index (χ1v) is 13.6. The van der Waals surface area contributed by atoms with Crippen molar-refractivity contribution in [3.05, 3.63) is 172 Å². The van der Waals surface area contributed by atoms with Gasteiger partial charge >= 0.3 is 0 Å². The quantitative estimate of drug-likeness (QED) is 0.214. The molecule has 0 saturated carbocycles. The van der Waals surface area contributed by atoms with Crippen molar-refractivity contribution in [2.45, 2.75) is 5.41 Å². The minimum absolute atomic E-state index is 0.175. The van der Waals surface area contributed by atoms with Gasteiger partial charge < -0.3 is 0 Å². The van der Waals surface area contributed by atoms with Gasteiger partial charge in [0.25, 0.3) is 0 Å². The number of hydrogen-bond donors (Lipinski definition) is 0. The third kappa shape index (κ3) is 3.35. The molecule has 5 aromatic rings. The molecular weight excluding hydrogens is 512 g/mol. The van der Waals surface area contributed by atoms with Crippen molar-refractivity contribution in [1.29, 1.82) is 0 Å². The highest BCUT2D eigenvalue weighted by Gasteiger charge is 2.53. The van der Waals surface area contributed by atoms with E-state index in [-0.39, 0.29) is 5.92 Å². The van der Waals surface area contributed by atoms with Gasteiger partial charge in [-0.2, -0.15) is 0 Å². The largest absolute Gasteiger partial charge is 0.0622 e. The van der Waals surface area contributed by atoms with E-state index in [4.69, 9.17) is 0 Å². The molecular formula is C36H25Br. The lowest BCUT2D eigenvalue weighted by atomic mass is 9.62. The van der Waals surface area contributed by atoms with E-state index in [1.165, 1.54) is 50.1 Å². The predicted molar refractivity (Wildman–Crippen MR) is 159 cm³/mol. The highest BCUT2D eigenvalue weighted by atomic mass is 79.9. The van der Waals surface area contributed by atoms with Crippen LogP contribution in [0.3, 0.4) is 0 Å². The lowest BCUT2D eigenvalue weighted by Crippen LogP contribution is -2.34. The first kappa shape index (κ1) is 22.3. The third-order valence-electron chi connectivity index (χ3n) is 7.96. The summed E-state index contributed by atoms with van der Waals surface area (Å²) in [7, 11) is 0. The fraction of sp³-hybridized carbons (Fsp3) is 0.0556. The number of benzene rings is 5.